The maximum atomic E-state index is 14.3. The largest absolute Gasteiger partial charge is 0.308 e. The highest BCUT2D eigenvalue weighted by molar-refractivity contribution is 7.89. The molecule has 5 nitrogen and oxygen atoms in total. The molecule has 1 heterocycles. The van der Waals surface area contributed by atoms with E-state index in [0.29, 0.717) is 19.4 Å². The van der Waals surface area contributed by atoms with Crippen molar-refractivity contribution in [1.82, 2.24) is 4.31 Å². The number of para-hydroxylation sites is 1. The Labute approximate surface area is 169 Å². The Hall–Kier alpha value is -2.77. The summed E-state index contributed by atoms with van der Waals surface area (Å²) >= 11 is 0. The van der Waals surface area contributed by atoms with Crippen LogP contribution in [-0.2, 0) is 21.2 Å². The zero-order valence-electron chi connectivity index (χ0n) is 16.0. The summed E-state index contributed by atoms with van der Waals surface area (Å²) in [6, 6.07) is 17.1. The summed E-state index contributed by atoms with van der Waals surface area (Å²) in [4.78, 5) is 14.4. The minimum absolute atomic E-state index is 0.122. The number of rotatable bonds is 4. The van der Waals surface area contributed by atoms with Crippen molar-refractivity contribution in [2.45, 2.75) is 17.7 Å². The fraction of sp³-hybridized carbons (Fsp3) is 0.227. The number of halogens is 1. The van der Waals surface area contributed by atoms with Crippen LogP contribution in [0.1, 0.15) is 12.0 Å². The number of benzene rings is 3. The lowest BCUT2D eigenvalue weighted by Crippen LogP contribution is -2.43. The van der Waals surface area contributed by atoms with E-state index in [0.717, 1.165) is 20.6 Å². The van der Waals surface area contributed by atoms with Gasteiger partial charge in [-0.05, 0) is 47.4 Å². The summed E-state index contributed by atoms with van der Waals surface area (Å²) in [6.45, 7) is 0.0135. The predicted octanol–water partition coefficient (Wildman–Crippen LogP) is 3.58. The van der Waals surface area contributed by atoms with Crippen LogP contribution < -0.4 is 4.90 Å². The Morgan fingerprint density at radius 2 is 1.83 bits per heavy atom. The molecule has 0 bridgehead atoms. The van der Waals surface area contributed by atoms with Gasteiger partial charge in [-0.1, -0.05) is 42.5 Å². The van der Waals surface area contributed by atoms with E-state index in [2.05, 4.69) is 0 Å². The lowest BCUT2D eigenvalue weighted by Gasteiger charge is -2.31. The molecule has 0 saturated carbocycles. The number of hydrogen-bond acceptors (Lipinski definition) is 3. The molecule has 0 spiro atoms. The number of carbonyl (C=O) groups is 1. The smallest absolute Gasteiger partial charge is 0.243 e. The summed E-state index contributed by atoms with van der Waals surface area (Å²) in [5.74, 6) is -0.904. The molecular weight excluding hydrogens is 391 g/mol. The SMILES string of the molecule is CN(CC(=O)N1CCCc2cccc(F)c21)S(=O)(=O)c1ccc2ccccc2c1. The normalized spacial score (nSPS) is 14.2. The zero-order valence-corrected chi connectivity index (χ0v) is 16.8. The van der Waals surface area contributed by atoms with Crippen LogP contribution in [0, 0.1) is 5.82 Å². The van der Waals surface area contributed by atoms with Crippen molar-refractivity contribution in [3.8, 4) is 0 Å². The molecule has 0 unspecified atom stereocenters. The van der Waals surface area contributed by atoms with Gasteiger partial charge in [-0.2, -0.15) is 4.31 Å². The molecule has 1 aliphatic heterocycles. The summed E-state index contributed by atoms with van der Waals surface area (Å²) < 4.78 is 41.3. The first-order chi connectivity index (χ1) is 13.9. The standard InChI is InChI=1S/C22H21FN2O3S/c1-24(29(27,28)19-12-11-16-6-2-3-7-18(16)14-19)15-21(26)25-13-5-9-17-8-4-10-20(23)22(17)25/h2-4,6-8,10-12,14H,5,9,13,15H2,1H3. The van der Waals surface area contributed by atoms with E-state index in [1.54, 1.807) is 24.3 Å². The van der Waals surface area contributed by atoms with Gasteiger partial charge in [0.2, 0.25) is 15.9 Å². The maximum Gasteiger partial charge on any atom is 0.243 e. The van der Waals surface area contributed by atoms with Crippen molar-refractivity contribution in [1.29, 1.82) is 0 Å². The van der Waals surface area contributed by atoms with Gasteiger partial charge in [0.15, 0.2) is 0 Å². The minimum Gasteiger partial charge on any atom is -0.308 e. The average molecular weight is 412 g/mol. The van der Waals surface area contributed by atoms with E-state index < -0.39 is 21.7 Å². The minimum atomic E-state index is -3.86. The van der Waals surface area contributed by atoms with Crippen LogP contribution >= 0.6 is 0 Å². The molecule has 1 aliphatic rings. The molecule has 1 amide bonds. The molecule has 0 N–H and O–H groups in total. The molecule has 0 saturated heterocycles. The summed E-state index contributed by atoms with van der Waals surface area (Å²) in [5.41, 5.74) is 1.03. The van der Waals surface area contributed by atoms with Crippen molar-refractivity contribution in [2.75, 3.05) is 25.0 Å². The second-order valence-electron chi connectivity index (χ2n) is 7.17. The maximum absolute atomic E-state index is 14.3. The van der Waals surface area contributed by atoms with Crippen molar-refractivity contribution >= 4 is 32.4 Å². The van der Waals surface area contributed by atoms with Crippen LogP contribution in [0.5, 0.6) is 0 Å². The number of aryl methyl sites for hydroxylation is 1. The molecule has 0 aromatic heterocycles. The Morgan fingerprint density at radius 3 is 2.62 bits per heavy atom. The summed E-state index contributed by atoms with van der Waals surface area (Å²) in [6.07, 6.45) is 1.41. The number of fused-ring (bicyclic) bond motifs is 2. The summed E-state index contributed by atoms with van der Waals surface area (Å²) in [5, 5.41) is 1.74. The molecule has 0 fully saturated rings. The van der Waals surface area contributed by atoms with Crippen LogP contribution in [0.2, 0.25) is 0 Å². The monoisotopic (exact) mass is 412 g/mol. The van der Waals surface area contributed by atoms with Gasteiger partial charge in [0, 0.05) is 13.6 Å². The Bertz CT molecular complexity index is 1190. The number of likely N-dealkylation sites (N-methyl/N-ethyl adjacent to an activating group) is 1. The summed E-state index contributed by atoms with van der Waals surface area (Å²) in [7, 11) is -2.49. The molecule has 29 heavy (non-hydrogen) atoms. The second kappa shape index (κ2) is 7.57. The highest BCUT2D eigenvalue weighted by Crippen LogP contribution is 2.30. The quantitative estimate of drug-likeness (QED) is 0.658. The Kier molecular flexibility index (Phi) is 5.10. The third-order valence-electron chi connectivity index (χ3n) is 5.26. The van der Waals surface area contributed by atoms with E-state index >= 15 is 0 Å². The van der Waals surface area contributed by atoms with E-state index in [9.17, 15) is 17.6 Å². The van der Waals surface area contributed by atoms with Crippen molar-refractivity contribution in [3.05, 3.63) is 72.0 Å². The topological polar surface area (TPSA) is 57.7 Å². The molecule has 150 valence electrons. The number of hydrogen-bond donors (Lipinski definition) is 0. The Morgan fingerprint density at radius 1 is 1.07 bits per heavy atom. The van der Waals surface area contributed by atoms with Gasteiger partial charge >= 0.3 is 0 Å². The lowest BCUT2D eigenvalue weighted by molar-refractivity contribution is -0.118. The number of carbonyl (C=O) groups excluding carboxylic acids is 1. The van der Waals surface area contributed by atoms with E-state index in [4.69, 9.17) is 0 Å². The van der Waals surface area contributed by atoms with Gasteiger partial charge in [-0.3, -0.25) is 4.79 Å². The third-order valence-corrected chi connectivity index (χ3v) is 7.06. The van der Waals surface area contributed by atoms with Crippen molar-refractivity contribution in [2.24, 2.45) is 0 Å². The first-order valence-corrected chi connectivity index (χ1v) is 10.8. The van der Waals surface area contributed by atoms with Crippen LogP contribution in [0.25, 0.3) is 10.8 Å². The van der Waals surface area contributed by atoms with Gasteiger partial charge in [-0.15, -0.1) is 0 Å². The second-order valence-corrected chi connectivity index (χ2v) is 9.21. The van der Waals surface area contributed by atoms with Crippen molar-refractivity contribution < 1.29 is 17.6 Å². The fourth-order valence-electron chi connectivity index (χ4n) is 3.72. The van der Waals surface area contributed by atoms with E-state index in [1.165, 1.54) is 24.1 Å². The molecule has 7 heteroatoms. The van der Waals surface area contributed by atoms with Crippen molar-refractivity contribution in [3.63, 3.8) is 0 Å². The van der Waals surface area contributed by atoms with Gasteiger partial charge < -0.3 is 4.90 Å². The molecule has 0 radical (unpaired) electrons. The van der Waals surface area contributed by atoms with Crippen LogP contribution in [0.3, 0.4) is 0 Å². The zero-order chi connectivity index (χ0) is 20.6. The molecule has 3 aromatic rings. The van der Waals surface area contributed by atoms with Gasteiger partial charge in [0.05, 0.1) is 17.1 Å². The van der Waals surface area contributed by atoms with Gasteiger partial charge in [-0.25, -0.2) is 12.8 Å². The van der Waals surface area contributed by atoms with Crippen LogP contribution in [0.15, 0.2) is 65.6 Å². The third kappa shape index (κ3) is 3.63. The molecule has 0 aliphatic carbocycles. The van der Waals surface area contributed by atoms with Gasteiger partial charge in [0.25, 0.3) is 0 Å². The first-order valence-electron chi connectivity index (χ1n) is 9.41. The first kappa shape index (κ1) is 19.5. The number of nitrogens with zero attached hydrogens (tertiary/aromatic N) is 2. The number of amides is 1. The average Bonchev–Trinajstić information content (AvgIpc) is 2.73. The lowest BCUT2D eigenvalue weighted by atomic mass is 10.0. The molecule has 4 rings (SSSR count). The molecular formula is C22H21FN2O3S. The van der Waals surface area contributed by atoms with Crippen LogP contribution in [0.4, 0.5) is 10.1 Å². The van der Waals surface area contributed by atoms with Crippen LogP contribution in [-0.4, -0.2) is 38.8 Å². The Balaban J connectivity index is 1.59. The molecule has 0 atom stereocenters. The molecule has 3 aromatic carbocycles. The highest BCUT2D eigenvalue weighted by atomic mass is 32.2. The highest BCUT2D eigenvalue weighted by Gasteiger charge is 2.29. The van der Waals surface area contributed by atoms with E-state index in [-0.39, 0.29) is 17.1 Å². The fourth-order valence-corrected chi connectivity index (χ4v) is 4.88. The predicted molar refractivity (Wildman–Crippen MR) is 111 cm³/mol. The number of sulfonamides is 1. The van der Waals surface area contributed by atoms with E-state index in [1.807, 2.05) is 24.3 Å². The van der Waals surface area contributed by atoms with Gasteiger partial charge in [0.1, 0.15) is 5.82 Å². The number of anilines is 1.